The molecule has 0 N–H and O–H groups in total. The molecule has 3 heterocycles. The van der Waals surface area contributed by atoms with E-state index in [0.717, 1.165) is 24.3 Å². The number of aromatic nitrogens is 2. The second-order valence-corrected chi connectivity index (χ2v) is 10.7. The number of thiophene rings is 1. The normalized spacial score (nSPS) is 18.0. The van der Waals surface area contributed by atoms with Crippen LogP contribution in [-0.2, 0) is 10.0 Å². The first-order chi connectivity index (χ1) is 14.5. The number of rotatable bonds is 6. The maximum atomic E-state index is 13.1. The van der Waals surface area contributed by atoms with Crippen molar-refractivity contribution in [2.75, 3.05) is 38.2 Å². The molecule has 1 saturated carbocycles. The molecule has 0 unspecified atom stereocenters. The fourth-order valence-electron chi connectivity index (χ4n) is 3.51. The van der Waals surface area contributed by atoms with Crippen LogP contribution in [0.3, 0.4) is 0 Å². The molecule has 8 nitrogen and oxygen atoms in total. The lowest BCUT2D eigenvalue weighted by atomic mass is 10.2. The minimum Gasteiger partial charge on any atom is -0.497 e. The molecule has 0 spiro atoms. The zero-order valence-electron chi connectivity index (χ0n) is 16.5. The third-order valence-corrected chi connectivity index (χ3v) is 8.87. The standard InChI is InChI=1S/C20H22N4O4S2/c1-27-16-6-4-15(5-7-16)23-10-12-24(13-11-23)30(25,26)18-9-8-17(29-18)20-22-21-19(28-20)14-2-3-14/h4-9,14H,2-3,10-13H2,1H3. The van der Waals surface area contributed by atoms with Gasteiger partial charge in [0.15, 0.2) is 0 Å². The molecular formula is C20H22N4O4S2. The van der Waals surface area contributed by atoms with Gasteiger partial charge in [0.25, 0.3) is 15.9 Å². The van der Waals surface area contributed by atoms with Gasteiger partial charge in [-0.1, -0.05) is 0 Å². The van der Waals surface area contributed by atoms with E-state index in [-0.39, 0.29) is 0 Å². The van der Waals surface area contributed by atoms with E-state index in [0.29, 0.717) is 53.0 Å². The Bertz CT molecular complexity index is 1130. The molecular weight excluding hydrogens is 424 g/mol. The summed E-state index contributed by atoms with van der Waals surface area (Å²) in [5.41, 5.74) is 1.06. The van der Waals surface area contributed by atoms with Crippen molar-refractivity contribution < 1.29 is 17.6 Å². The lowest BCUT2D eigenvalue weighted by Gasteiger charge is -2.35. The zero-order valence-corrected chi connectivity index (χ0v) is 18.2. The average Bonchev–Trinajstić information content (AvgIpc) is 3.29. The van der Waals surface area contributed by atoms with Crippen molar-refractivity contribution in [3.63, 3.8) is 0 Å². The Kier molecular flexibility index (Phi) is 5.00. The average molecular weight is 447 g/mol. The first-order valence-corrected chi connectivity index (χ1v) is 12.1. The Hall–Kier alpha value is -2.43. The Morgan fingerprint density at radius 1 is 1.03 bits per heavy atom. The topological polar surface area (TPSA) is 88.8 Å². The summed E-state index contributed by atoms with van der Waals surface area (Å²) < 4.78 is 39.0. The summed E-state index contributed by atoms with van der Waals surface area (Å²) in [6.45, 7) is 2.15. The van der Waals surface area contributed by atoms with Crippen LogP contribution in [0.25, 0.3) is 10.8 Å². The van der Waals surface area contributed by atoms with Gasteiger partial charge in [0.05, 0.1) is 12.0 Å². The van der Waals surface area contributed by atoms with Crippen molar-refractivity contribution >= 4 is 27.0 Å². The second kappa shape index (κ2) is 7.68. The van der Waals surface area contributed by atoms with Crippen molar-refractivity contribution in [1.29, 1.82) is 0 Å². The molecule has 2 fully saturated rings. The van der Waals surface area contributed by atoms with E-state index >= 15 is 0 Å². The third kappa shape index (κ3) is 3.70. The summed E-state index contributed by atoms with van der Waals surface area (Å²) in [4.78, 5) is 2.87. The van der Waals surface area contributed by atoms with Gasteiger partial charge < -0.3 is 14.1 Å². The number of methoxy groups -OCH3 is 1. The summed E-state index contributed by atoms with van der Waals surface area (Å²) in [6, 6.07) is 11.2. The molecule has 1 saturated heterocycles. The first kappa shape index (κ1) is 19.5. The van der Waals surface area contributed by atoms with Gasteiger partial charge in [0.2, 0.25) is 5.89 Å². The molecule has 2 aromatic heterocycles. The van der Waals surface area contributed by atoms with Crippen LogP contribution < -0.4 is 9.64 Å². The number of hydrogen-bond donors (Lipinski definition) is 0. The highest BCUT2D eigenvalue weighted by Gasteiger charge is 2.32. The van der Waals surface area contributed by atoms with Crippen LogP contribution in [0.4, 0.5) is 5.69 Å². The van der Waals surface area contributed by atoms with Crippen molar-refractivity contribution in [2.45, 2.75) is 23.0 Å². The van der Waals surface area contributed by atoms with Gasteiger partial charge in [-0.3, -0.25) is 0 Å². The Morgan fingerprint density at radius 3 is 2.43 bits per heavy atom. The van der Waals surface area contributed by atoms with Crippen LogP contribution in [0.1, 0.15) is 24.7 Å². The Balaban J connectivity index is 1.27. The fourth-order valence-corrected chi connectivity index (χ4v) is 6.31. The zero-order chi connectivity index (χ0) is 20.7. The van der Waals surface area contributed by atoms with Crippen LogP contribution in [0.5, 0.6) is 5.75 Å². The monoisotopic (exact) mass is 446 g/mol. The highest BCUT2D eigenvalue weighted by atomic mass is 32.2. The van der Waals surface area contributed by atoms with E-state index in [1.54, 1.807) is 23.5 Å². The molecule has 158 valence electrons. The highest BCUT2D eigenvalue weighted by Crippen LogP contribution is 2.41. The minimum atomic E-state index is -3.55. The van der Waals surface area contributed by atoms with Crippen LogP contribution in [0.2, 0.25) is 0 Å². The third-order valence-electron chi connectivity index (χ3n) is 5.43. The molecule has 30 heavy (non-hydrogen) atoms. The van der Waals surface area contributed by atoms with Crippen molar-refractivity contribution in [3.05, 3.63) is 42.3 Å². The van der Waals surface area contributed by atoms with E-state index in [2.05, 4.69) is 15.1 Å². The van der Waals surface area contributed by atoms with E-state index < -0.39 is 10.0 Å². The molecule has 0 radical (unpaired) electrons. The summed E-state index contributed by atoms with van der Waals surface area (Å²) >= 11 is 1.18. The maximum Gasteiger partial charge on any atom is 0.257 e. The van der Waals surface area contributed by atoms with E-state index in [9.17, 15) is 8.42 Å². The second-order valence-electron chi connectivity index (χ2n) is 7.43. The van der Waals surface area contributed by atoms with E-state index in [4.69, 9.17) is 9.15 Å². The molecule has 5 rings (SSSR count). The molecule has 1 aliphatic heterocycles. The number of anilines is 1. The molecule has 1 aromatic carbocycles. The van der Waals surface area contributed by atoms with Gasteiger partial charge in [-0.25, -0.2) is 8.42 Å². The SMILES string of the molecule is COc1ccc(N2CCN(S(=O)(=O)c3ccc(-c4nnc(C5CC5)o4)s3)CC2)cc1. The van der Waals surface area contributed by atoms with Gasteiger partial charge in [-0.05, 0) is 49.2 Å². The molecule has 0 bridgehead atoms. The van der Waals surface area contributed by atoms with Crippen LogP contribution in [0, 0.1) is 0 Å². The fraction of sp³-hybridized carbons (Fsp3) is 0.400. The van der Waals surface area contributed by atoms with Gasteiger partial charge in [0, 0.05) is 37.8 Å². The van der Waals surface area contributed by atoms with Crippen LogP contribution in [0.15, 0.2) is 45.0 Å². The van der Waals surface area contributed by atoms with Gasteiger partial charge in [-0.15, -0.1) is 21.5 Å². The lowest BCUT2D eigenvalue weighted by Crippen LogP contribution is -2.48. The summed E-state index contributed by atoms with van der Waals surface area (Å²) in [5, 5.41) is 8.16. The largest absolute Gasteiger partial charge is 0.497 e. The lowest BCUT2D eigenvalue weighted by molar-refractivity contribution is 0.385. The van der Waals surface area contributed by atoms with Gasteiger partial charge in [0.1, 0.15) is 9.96 Å². The predicted molar refractivity (Wildman–Crippen MR) is 114 cm³/mol. The van der Waals surface area contributed by atoms with Crippen LogP contribution >= 0.6 is 11.3 Å². The predicted octanol–water partition coefficient (Wildman–Crippen LogP) is 3.20. The molecule has 2 aliphatic rings. The smallest absolute Gasteiger partial charge is 0.257 e. The molecule has 0 amide bonds. The molecule has 10 heteroatoms. The van der Waals surface area contributed by atoms with E-state index in [1.807, 2.05) is 24.3 Å². The molecule has 0 atom stereocenters. The highest BCUT2D eigenvalue weighted by molar-refractivity contribution is 7.91. The minimum absolute atomic E-state index is 0.307. The first-order valence-electron chi connectivity index (χ1n) is 9.87. The number of nitrogens with zero attached hydrogens (tertiary/aromatic N) is 4. The maximum absolute atomic E-state index is 13.1. The quantitative estimate of drug-likeness (QED) is 0.574. The summed E-state index contributed by atoms with van der Waals surface area (Å²) in [6.07, 6.45) is 2.16. The van der Waals surface area contributed by atoms with Crippen LogP contribution in [-0.4, -0.2) is 56.2 Å². The molecule has 1 aliphatic carbocycles. The van der Waals surface area contributed by atoms with Crippen molar-refractivity contribution in [3.8, 4) is 16.5 Å². The Labute approximate surface area is 179 Å². The van der Waals surface area contributed by atoms with Gasteiger partial charge in [-0.2, -0.15) is 4.31 Å². The number of piperazine rings is 1. The van der Waals surface area contributed by atoms with Crippen molar-refractivity contribution in [2.24, 2.45) is 0 Å². The number of benzene rings is 1. The Morgan fingerprint density at radius 2 is 1.77 bits per heavy atom. The van der Waals surface area contributed by atoms with Gasteiger partial charge >= 0.3 is 0 Å². The number of sulfonamides is 1. The number of ether oxygens (including phenoxy) is 1. The summed E-state index contributed by atoms with van der Waals surface area (Å²) in [5.74, 6) is 2.22. The van der Waals surface area contributed by atoms with Crippen molar-refractivity contribution in [1.82, 2.24) is 14.5 Å². The molecule has 3 aromatic rings. The van der Waals surface area contributed by atoms with E-state index in [1.165, 1.54) is 11.3 Å². The number of hydrogen-bond acceptors (Lipinski definition) is 8. The summed E-state index contributed by atoms with van der Waals surface area (Å²) in [7, 11) is -1.91.